The molecule has 0 aromatic carbocycles. The molecule has 0 fully saturated rings. The minimum atomic E-state index is -0.799. The van der Waals surface area contributed by atoms with E-state index in [9.17, 15) is 5.11 Å². The highest BCUT2D eigenvalue weighted by atomic mass is 79.9. The average molecular weight is 331 g/mol. The largest absolute Gasteiger partial charge is 0.384 e. The zero-order valence-corrected chi connectivity index (χ0v) is 14.4. The molecule has 0 unspecified atom stereocenters. The van der Waals surface area contributed by atoms with Crippen molar-refractivity contribution in [3.8, 4) is 0 Å². The van der Waals surface area contributed by atoms with Gasteiger partial charge in [-0.25, -0.2) is 0 Å². The van der Waals surface area contributed by atoms with Gasteiger partial charge in [-0.15, -0.1) is 0 Å². The first kappa shape index (κ1) is 16.7. The summed E-state index contributed by atoms with van der Waals surface area (Å²) < 4.78 is 2.87. The third kappa shape index (κ3) is 4.32. The molecule has 0 saturated carbocycles. The van der Waals surface area contributed by atoms with Crippen molar-refractivity contribution in [3.05, 3.63) is 16.4 Å². The number of nitrogens with zero attached hydrogens (tertiary/aromatic N) is 2. The molecule has 19 heavy (non-hydrogen) atoms. The van der Waals surface area contributed by atoms with Crippen LogP contribution in [-0.2, 0) is 12.1 Å². The number of aromatic nitrogens is 2. The molecule has 1 aromatic rings. The van der Waals surface area contributed by atoms with Crippen LogP contribution in [0.15, 0.2) is 10.7 Å². The van der Waals surface area contributed by atoms with Crippen molar-refractivity contribution >= 4 is 15.9 Å². The van der Waals surface area contributed by atoms with Crippen LogP contribution in [0.4, 0.5) is 0 Å². The number of rotatable bonds is 7. The van der Waals surface area contributed by atoms with Crippen LogP contribution >= 0.6 is 15.9 Å². The van der Waals surface area contributed by atoms with Gasteiger partial charge < -0.3 is 5.11 Å². The molecule has 0 saturated heterocycles. The molecule has 4 heteroatoms. The molecular formula is C15H27BrN2O. The standard InChI is InChI=1S/C15H27BrN2O/c1-6-7-18-14(13(16)10-17-18)15(19,8-11(2)3)9-12(4)5/h10-12,19H,6-9H2,1-5H3. The lowest BCUT2D eigenvalue weighted by molar-refractivity contribution is -0.0132. The first-order valence-corrected chi connectivity index (χ1v) is 8.03. The van der Waals surface area contributed by atoms with E-state index in [1.165, 1.54) is 0 Å². The predicted molar refractivity (Wildman–Crippen MR) is 83.0 cm³/mol. The molecule has 0 aliphatic heterocycles. The molecule has 0 atom stereocenters. The quantitative estimate of drug-likeness (QED) is 0.807. The topological polar surface area (TPSA) is 38.0 Å². The maximum Gasteiger partial charge on any atom is 0.108 e. The summed E-state index contributed by atoms with van der Waals surface area (Å²) in [5.41, 5.74) is 0.143. The number of hydrogen-bond acceptors (Lipinski definition) is 2. The van der Waals surface area contributed by atoms with E-state index >= 15 is 0 Å². The third-order valence-corrected chi connectivity index (χ3v) is 3.74. The van der Waals surface area contributed by atoms with Crippen molar-refractivity contribution in [1.29, 1.82) is 0 Å². The Balaban J connectivity index is 3.19. The Morgan fingerprint density at radius 1 is 1.26 bits per heavy atom. The highest BCUT2D eigenvalue weighted by Crippen LogP contribution is 2.38. The number of halogens is 1. The Hall–Kier alpha value is -0.350. The van der Waals surface area contributed by atoms with Crippen LogP contribution in [0.25, 0.3) is 0 Å². The van der Waals surface area contributed by atoms with Gasteiger partial charge in [0.2, 0.25) is 0 Å². The SMILES string of the molecule is CCCn1ncc(Br)c1C(O)(CC(C)C)CC(C)C. The Labute approximate surface area is 125 Å². The lowest BCUT2D eigenvalue weighted by Crippen LogP contribution is -2.33. The van der Waals surface area contributed by atoms with Gasteiger partial charge in [-0.2, -0.15) is 5.10 Å². The minimum Gasteiger partial charge on any atom is -0.384 e. The molecule has 0 aliphatic carbocycles. The summed E-state index contributed by atoms with van der Waals surface area (Å²) in [4.78, 5) is 0. The van der Waals surface area contributed by atoms with Crippen molar-refractivity contribution in [1.82, 2.24) is 9.78 Å². The fourth-order valence-electron chi connectivity index (χ4n) is 2.83. The molecule has 0 radical (unpaired) electrons. The van der Waals surface area contributed by atoms with Crippen molar-refractivity contribution in [3.63, 3.8) is 0 Å². The molecule has 3 nitrogen and oxygen atoms in total. The van der Waals surface area contributed by atoms with Gasteiger partial charge >= 0.3 is 0 Å². The monoisotopic (exact) mass is 330 g/mol. The summed E-state index contributed by atoms with van der Waals surface area (Å²) in [7, 11) is 0. The normalized spacial score (nSPS) is 12.7. The molecule has 110 valence electrons. The Kier molecular flexibility index (Phi) is 6.06. The van der Waals surface area contributed by atoms with E-state index < -0.39 is 5.60 Å². The van der Waals surface area contributed by atoms with Gasteiger partial charge in [0.1, 0.15) is 5.60 Å². The summed E-state index contributed by atoms with van der Waals surface area (Å²) in [5.74, 6) is 0.890. The molecule has 0 aliphatic rings. The third-order valence-electron chi connectivity index (χ3n) is 3.16. The maximum atomic E-state index is 11.2. The van der Waals surface area contributed by atoms with Crippen LogP contribution in [-0.4, -0.2) is 14.9 Å². The first-order chi connectivity index (χ1) is 8.80. The summed E-state index contributed by atoms with van der Waals surface area (Å²) >= 11 is 3.56. The van der Waals surface area contributed by atoms with Crippen LogP contribution < -0.4 is 0 Å². The van der Waals surface area contributed by atoms with E-state index in [-0.39, 0.29) is 0 Å². The first-order valence-electron chi connectivity index (χ1n) is 7.24. The van der Waals surface area contributed by atoms with Gasteiger partial charge in [0, 0.05) is 6.54 Å². The van der Waals surface area contributed by atoms with Gasteiger partial charge in [0.05, 0.1) is 16.4 Å². The molecule has 1 heterocycles. The van der Waals surface area contributed by atoms with Crippen molar-refractivity contribution < 1.29 is 5.11 Å². The summed E-state index contributed by atoms with van der Waals surface area (Å²) in [6.45, 7) is 11.6. The van der Waals surface area contributed by atoms with Crippen LogP contribution in [0.1, 0.15) is 59.6 Å². The van der Waals surface area contributed by atoms with Crippen LogP contribution in [0, 0.1) is 11.8 Å². The Morgan fingerprint density at radius 3 is 2.21 bits per heavy atom. The number of aryl methyl sites for hydroxylation is 1. The van der Waals surface area contributed by atoms with Crippen molar-refractivity contribution in [2.24, 2.45) is 11.8 Å². The van der Waals surface area contributed by atoms with E-state index in [4.69, 9.17) is 0 Å². The zero-order chi connectivity index (χ0) is 14.6. The fraction of sp³-hybridized carbons (Fsp3) is 0.800. The molecule has 0 amide bonds. The lowest BCUT2D eigenvalue weighted by Gasteiger charge is -2.32. The number of hydrogen-bond donors (Lipinski definition) is 1. The van der Waals surface area contributed by atoms with Gasteiger partial charge in [0.25, 0.3) is 0 Å². The summed E-state index contributed by atoms with van der Waals surface area (Å²) in [5, 5.41) is 15.6. The Morgan fingerprint density at radius 2 is 1.79 bits per heavy atom. The lowest BCUT2D eigenvalue weighted by atomic mass is 9.82. The van der Waals surface area contributed by atoms with Gasteiger partial charge in [-0.3, -0.25) is 4.68 Å². The Bertz CT molecular complexity index is 389. The molecule has 1 N–H and O–H groups in total. The van der Waals surface area contributed by atoms with E-state index in [1.54, 1.807) is 6.20 Å². The highest BCUT2D eigenvalue weighted by molar-refractivity contribution is 9.10. The van der Waals surface area contributed by atoms with E-state index in [1.807, 2.05) is 4.68 Å². The zero-order valence-electron chi connectivity index (χ0n) is 12.8. The van der Waals surface area contributed by atoms with Crippen molar-refractivity contribution in [2.45, 2.75) is 66.0 Å². The van der Waals surface area contributed by atoms with Gasteiger partial charge in [-0.1, -0.05) is 34.6 Å². The van der Waals surface area contributed by atoms with Gasteiger partial charge in [-0.05, 0) is 47.0 Å². The van der Waals surface area contributed by atoms with Crippen molar-refractivity contribution in [2.75, 3.05) is 0 Å². The van der Waals surface area contributed by atoms with E-state index in [2.05, 4.69) is 55.6 Å². The van der Waals surface area contributed by atoms with Gasteiger partial charge in [0.15, 0.2) is 0 Å². The molecule has 0 bridgehead atoms. The number of aliphatic hydroxyl groups is 1. The van der Waals surface area contributed by atoms with Crippen LogP contribution in [0.2, 0.25) is 0 Å². The van der Waals surface area contributed by atoms with Crippen LogP contribution in [0.3, 0.4) is 0 Å². The second kappa shape index (κ2) is 6.89. The van der Waals surface area contributed by atoms with Crippen LogP contribution in [0.5, 0.6) is 0 Å². The van der Waals surface area contributed by atoms with E-state index in [0.717, 1.165) is 36.0 Å². The molecule has 0 spiro atoms. The summed E-state index contributed by atoms with van der Waals surface area (Å²) in [6, 6.07) is 0. The predicted octanol–water partition coefficient (Wildman–Crippen LogP) is 4.34. The highest BCUT2D eigenvalue weighted by Gasteiger charge is 2.36. The smallest absolute Gasteiger partial charge is 0.108 e. The minimum absolute atomic E-state index is 0.445. The second-order valence-corrected chi connectivity index (χ2v) is 7.15. The molecule has 1 aromatic heterocycles. The van der Waals surface area contributed by atoms with E-state index in [0.29, 0.717) is 11.8 Å². The molecule has 1 rings (SSSR count). The summed E-state index contributed by atoms with van der Waals surface area (Å²) in [6.07, 6.45) is 4.34. The fourth-order valence-corrected chi connectivity index (χ4v) is 3.50. The maximum absolute atomic E-state index is 11.2. The molecular weight excluding hydrogens is 304 g/mol. The average Bonchev–Trinajstić information content (AvgIpc) is 2.58. The second-order valence-electron chi connectivity index (χ2n) is 6.29.